The summed E-state index contributed by atoms with van der Waals surface area (Å²) < 4.78 is 4.61. The predicted octanol–water partition coefficient (Wildman–Crippen LogP) is -0.511. The molecule has 0 saturated heterocycles. The molecule has 0 fully saturated rings. The minimum Gasteiger partial charge on any atom is -0.480 e. The first-order chi connectivity index (χ1) is 5.70. The van der Waals surface area contributed by atoms with Gasteiger partial charge in [0.2, 0.25) is 5.76 Å². The van der Waals surface area contributed by atoms with Crippen LogP contribution < -0.4 is 5.32 Å². The molecule has 0 atom stereocenters. The number of carboxylic acid groups (broad SMARTS) is 1. The van der Waals surface area contributed by atoms with Crippen molar-refractivity contribution >= 4 is 11.9 Å². The highest BCUT2D eigenvalue weighted by atomic mass is 16.4. The van der Waals surface area contributed by atoms with Gasteiger partial charge in [-0.2, -0.15) is 0 Å². The summed E-state index contributed by atoms with van der Waals surface area (Å²) in [6.45, 7) is -0.431. The summed E-state index contributed by atoms with van der Waals surface area (Å²) >= 11 is 0. The van der Waals surface area contributed by atoms with E-state index in [1.807, 2.05) is 0 Å². The van der Waals surface area contributed by atoms with Gasteiger partial charge in [0.25, 0.3) is 5.91 Å². The van der Waals surface area contributed by atoms with Gasteiger partial charge >= 0.3 is 5.97 Å². The molecule has 12 heavy (non-hydrogen) atoms. The number of carbonyl (C=O) groups is 2. The minimum absolute atomic E-state index is 0.00347. The van der Waals surface area contributed by atoms with E-state index < -0.39 is 18.4 Å². The molecule has 0 unspecified atom stereocenters. The zero-order chi connectivity index (χ0) is 8.97. The Morgan fingerprint density at radius 3 is 2.92 bits per heavy atom. The molecule has 1 rings (SSSR count). The molecular formula is C6H6N2O4. The molecule has 0 bridgehead atoms. The van der Waals surface area contributed by atoms with Gasteiger partial charge < -0.3 is 14.8 Å². The lowest BCUT2D eigenvalue weighted by Crippen LogP contribution is -2.28. The monoisotopic (exact) mass is 170 g/mol. The molecule has 1 heterocycles. The average molecular weight is 170 g/mol. The lowest BCUT2D eigenvalue weighted by Gasteiger charge is -1.96. The van der Waals surface area contributed by atoms with E-state index in [4.69, 9.17) is 5.11 Å². The molecule has 0 radical (unpaired) electrons. The number of amides is 1. The van der Waals surface area contributed by atoms with Gasteiger partial charge in [-0.05, 0) is 0 Å². The smallest absolute Gasteiger partial charge is 0.322 e. The quantitative estimate of drug-likeness (QED) is 0.637. The third kappa shape index (κ3) is 2.08. The molecule has 0 spiro atoms. The van der Waals surface area contributed by atoms with Gasteiger partial charge in [0.15, 0.2) is 6.39 Å². The van der Waals surface area contributed by atoms with Crippen molar-refractivity contribution in [2.24, 2.45) is 0 Å². The van der Waals surface area contributed by atoms with Crippen molar-refractivity contribution in [1.82, 2.24) is 10.3 Å². The predicted molar refractivity (Wildman–Crippen MR) is 36.5 cm³/mol. The van der Waals surface area contributed by atoms with Gasteiger partial charge in [0.1, 0.15) is 6.54 Å². The number of aliphatic carboxylic acids is 1. The van der Waals surface area contributed by atoms with E-state index in [9.17, 15) is 9.59 Å². The highest BCUT2D eigenvalue weighted by Crippen LogP contribution is 1.94. The van der Waals surface area contributed by atoms with Crippen LogP contribution in [0.4, 0.5) is 0 Å². The standard InChI is InChI=1S/C6H6N2O4/c9-5(10)2-8-6(11)4-1-7-3-12-4/h1,3H,2H2,(H,8,11)(H,9,10). The fourth-order valence-electron chi connectivity index (χ4n) is 0.571. The van der Waals surface area contributed by atoms with E-state index >= 15 is 0 Å². The summed E-state index contributed by atoms with van der Waals surface area (Å²) in [7, 11) is 0. The second kappa shape index (κ2) is 3.51. The topological polar surface area (TPSA) is 92.4 Å². The minimum atomic E-state index is -1.11. The number of oxazole rings is 1. The Morgan fingerprint density at radius 2 is 2.42 bits per heavy atom. The lowest BCUT2D eigenvalue weighted by molar-refractivity contribution is -0.135. The number of carboxylic acids is 1. The molecule has 0 aromatic carbocycles. The third-order valence-corrected chi connectivity index (χ3v) is 1.06. The highest BCUT2D eigenvalue weighted by Gasteiger charge is 2.09. The van der Waals surface area contributed by atoms with Crippen molar-refractivity contribution in [3.63, 3.8) is 0 Å². The second-order valence-electron chi connectivity index (χ2n) is 1.94. The van der Waals surface area contributed by atoms with Crippen molar-refractivity contribution < 1.29 is 19.1 Å². The number of hydrogen-bond donors (Lipinski definition) is 2. The molecule has 2 N–H and O–H groups in total. The largest absolute Gasteiger partial charge is 0.480 e. The summed E-state index contributed by atoms with van der Waals surface area (Å²) in [6, 6.07) is 0. The average Bonchev–Trinajstić information content (AvgIpc) is 2.51. The van der Waals surface area contributed by atoms with Crippen LogP contribution in [0.25, 0.3) is 0 Å². The fraction of sp³-hybridized carbons (Fsp3) is 0.167. The van der Waals surface area contributed by atoms with Crippen LogP contribution in [0.1, 0.15) is 10.6 Å². The Morgan fingerprint density at radius 1 is 1.67 bits per heavy atom. The van der Waals surface area contributed by atoms with Crippen LogP contribution in [0.2, 0.25) is 0 Å². The van der Waals surface area contributed by atoms with Crippen LogP contribution in [0.5, 0.6) is 0 Å². The molecule has 0 aliphatic heterocycles. The summed E-state index contributed by atoms with van der Waals surface area (Å²) in [5, 5.41) is 10.3. The normalized spacial score (nSPS) is 9.33. The summed E-state index contributed by atoms with van der Waals surface area (Å²) in [4.78, 5) is 24.4. The molecule has 6 nitrogen and oxygen atoms in total. The maximum atomic E-state index is 10.9. The number of carbonyl (C=O) groups excluding carboxylic acids is 1. The first-order valence-corrected chi connectivity index (χ1v) is 3.08. The van der Waals surface area contributed by atoms with Crippen molar-refractivity contribution in [2.75, 3.05) is 6.54 Å². The van der Waals surface area contributed by atoms with Crippen LogP contribution in [-0.4, -0.2) is 28.5 Å². The van der Waals surface area contributed by atoms with E-state index in [1.54, 1.807) is 0 Å². The zero-order valence-electron chi connectivity index (χ0n) is 5.98. The van der Waals surface area contributed by atoms with Crippen LogP contribution in [-0.2, 0) is 4.79 Å². The Balaban J connectivity index is 2.45. The summed E-state index contributed by atoms with van der Waals surface area (Å²) in [6.07, 6.45) is 2.30. The van der Waals surface area contributed by atoms with E-state index in [2.05, 4.69) is 14.7 Å². The van der Waals surface area contributed by atoms with Gasteiger partial charge in [-0.1, -0.05) is 0 Å². The van der Waals surface area contributed by atoms with E-state index in [1.165, 1.54) is 6.20 Å². The Hall–Kier alpha value is -1.85. The third-order valence-electron chi connectivity index (χ3n) is 1.06. The Bertz CT molecular complexity index is 280. The van der Waals surface area contributed by atoms with Gasteiger partial charge in [0, 0.05) is 0 Å². The van der Waals surface area contributed by atoms with Gasteiger partial charge in [-0.25, -0.2) is 4.98 Å². The van der Waals surface area contributed by atoms with E-state index in [0.717, 1.165) is 6.39 Å². The van der Waals surface area contributed by atoms with Crippen molar-refractivity contribution in [3.05, 3.63) is 18.4 Å². The lowest BCUT2D eigenvalue weighted by atomic mass is 10.4. The van der Waals surface area contributed by atoms with Gasteiger partial charge in [0.05, 0.1) is 6.20 Å². The number of hydrogen-bond acceptors (Lipinski definition) is 4. The molecule has 64 valence electrons. The molecule has 1 amide bonds. The first kappa shape index (κ1) is 8.25. The Labute approximate surface area is 67.2 Å². The van der Waals surface area contributed by atoms with E-state index in [0.29, 0.717) is 0 Å². The zero-order valence-corrected chi connectivity index (χ0v) is 5.98. The summed E-state index contributed by atoms with van der Waals surface area (Å²) in [5.41, 5.74) is 0. The molecule has 0 aliphatic carbocycles. The van der Waals surface area contributed by atoms with Gasteiger partial charge in [-0.15, -0.1) is 0 Å². The Kier molecular flexibility index (Phi) is 2.42. The van der Waals surface area contributed by atoms with Crippen LogP contribution in [0, 0.1) is 0 Å². The number of rotatable bonds is 3. The molecule has 1 aromatic rings. The van der Waals surface area contributed by atoms with Crippen molar-refractivity contribution in [2.45, 2.75) is 0 Å². The maximum absolute atomic E-state index is 10.9. The molecule has 0 aliphatic rings. The number of aromatic nitrogens is 1. The van der Waals surface area contributed by atoms with Crippen LogP contribution in [0.3, 0.4) is 0 Å². The summed E-state index contributed by atoms with van der Waals surface area (Å²) in [5.74, 6) is -1.70. The van der Waals surface area contributed by atoms with Gasteiger partial charge in [-0.3, -0.25) is 9.59 Å². The molecule has 1 aromatic heterocycles. The second-order valence-corrected chi connectivity index (χ2v) is 1.94. The number of nitrogens with zero attached hydrogens (tertiary/aromatic N) is 1. The molecular weight excluding hydrogens is 164 g/mol. The highest BCUT2D eigenvalue weighted by molar-refractivity contribution is 5.92. The molecule has 6 heteroatoms. The van der Waals surface area contributed by atoms with Crippen LogP contribution >= 0.6 is 0 Å². The fourth-order valence-corrected chi connectivity index (χ4v) is 0.571. The number of nitrogens with one attached hydrogen (secondary N) is 1. The van der Waals surface area contributed by atoms with Crippen LogP contribution in [0.15, 0.2) is 17.0 Å². The van der Waals surface area contributed by atoms with E-state index in [-0.39, 0.29) is 5.76 Å². The first-order valence-electron chi connectivity index (χ1n) is 3.08. The van der Waals surface area contributed by atoms with Crippen molar-refractivity contribution in [3.8, 4) is 0 Å². The molecule has 0 saturated carbocycles. The van der Waals surface area contributed by atoms with Crippen molar-refractivity contribution in [1.29, 1.82) is 0 Å². The SMILES string of the molecule is O=C(O)CNC(=O)c1cnco1. The maximum Gasteiger partial charge on any atom is 0.322 e.